The van der Waals surface area contributed by atoms with E-state index in [1.807, 2.05) is 26.0 Å². The largest absolute Gasteiger partial charge is 0.494 e. The molecule has 202 valence electrons. The summed E-state index contributed by atoms with van der Waals surface area (Å²) in [4.78, 5) is 39.4. The van der Waals surface area contributed by atoms with Crippen LogP contribution in [-0.4, -0.2) is 31.6 Å². The Morgan fingerprint density at radius 3 is 2.40 bits per heavy atom. The second-order valence-electron chi connectivity index (χ2n) is 9.17. The predicted molar refractivity (Wildman–Crippen MR) is 153 cm³/mol. The molecule has 0 atom stereocenters. The number of hydrogen-bond acceptors (Lipinski definition) is 6. The van der Waals surface area contributed by atoms with Crippen molar-refractivity contribution >= 4 is 40.4 Å². The molecule has 1 fully saturated rings. The summed E-state index contributed by atoms with van der Waals surface area (Å²) in [6.45, 7) is 4.73. The third kappa shape index (κ3) is 5.24. The maximum absolute atomic E-state index is 13.3. The maximum Gasteiger partial charge on any atom is 0.335 e. The molecule has 4 amide bonds. The Kier molecular flexibility index (Phi) is 7.50. The smallest absolute Gasteiger partial charge is 0.335 e. The van der Waals surface area contributed by atoms with Gasteiger partial charge in [-0.3, -0.25) is 14.9 Å². The molecule has 40 heavy (non-hydrogen) atoms. The number of hydrogen-bond donors (Lipinski definition) is 1. The van der Waals surface area contributed by atoms with Crippen molar-refractivity contribution in [3.8, 4) is 17.2 Å². The molecule has 0 bridgehead atoms. The minimum absolute atomic E-state index is 0.185. The average molecular weight is 537 g/mol. The Morgan fingerprint density at radius 2 is 1.65 bits per heavy atom. The van der Waals surface area contributed by atoms with Gasteiger partial charge in [-0.1, -0.05) is 42.5 Å². The van der Waals surface area contributed by atoms with Crippen molar-refractivity contribution in [2.45, 2.75) is 20.5 Å². The molecule has 5 rings (SSSR count). The van der Waals surface area contributed by atoms with Crippen LogP contribution >= 0.6 is 0 Å². The Balaban J connectivity index is 1.39. The lowest BCUT2D eigenvalue weighted by molar-refractivity contribution is -0.122. The molecule has 0 saturated carbocycles. The highest BCUT2D eigenvalue weighted by Gasteiger charge is 2.36. The summed E-state index contributed by atoms with van der Waals surface area (Å²) in [5.74, 6) is 0.0532. The van der Waals surface area contributed by atoms with Crippen molar-refractivity contribution < 1.29 is 28.6 Å². The summed E-state index contributed by atoms with van der Waals surface area (Å²) in [5.41, 5.74) is 2.86. The third-order valence-corrected chi connectivity index (χ3v) is 6.65. The van der Waals surface area contributed by atoms with Crippen molar-refractivity contribution in [1.82, 2.24) is 5.32 Å². The molecule has 0 unspecified atom stereocenters. The number of carbonyl (C=O) groups excluding carboxylic acids is 3. The fourth-order valence-electron chi connectivity index (χ4n) is 4.60. The van der Waals surface area contributed by atoms with Gasteiger partial charge < -0.3 is 14.2 Å². The van der Waals surface area contributed by atoms with Crippen LogP contribution in [0.25, 0.3) is 16.8 Å². The fraction of sp³-hybridized carbons (Fsp3) is 0.156. The van der Waals surface area contributed by atoms with Gasteiger partial charge in [-0.15, -0.1) is 0 Å². The normalized spacial score (nSPS) is 14.4. The molecule has 8 heteroatoms. The standard InChI is InChI=1S/C32H28N2O6/c1-4-39-24-14-12-23(13-15-24)34-31(36)26(30(35)33-32(34)37)17-21-10-16-28(29(18-21)38-3)40-19-27-20(2)9-11-22-7-5-6-8-25(22)27/h5-18H,4,19H2,1-3H3,(H,33,35,37)/b26-17+. The van der Waals surface area contributed by atoms with Crippen LogP contribution < -0.4 is 24.4 Å². The van der Waals surface area contributed by atoms with E-state index in [1.54, 1.807) is 42.5 Å². The first kappa shape index (κ1) is 26.5. The van der Waals surface area contributed by atoms with E-state index in [0.29, 0.717) is 41.7 Å². The number of aryl methyl sites for hydroxylation is 1. The maximum atomic E-state index is 13.3. The van der Waals surface area contributed by atoms with Crippen LogP contribution in [0.2, 0.25) is 0 Å². The molecule has 0 aromatic heterocycles. The molecule has 0 aliphatic carbocycles. The summed E-state index contributed by atoms with van der Waals surface area (Å²) in [6, 6.07) is 23.1. The molecule has 4 aromatic carbocycles. The molecule has 1 saturated heterocycles. The molecule has 1 aliphatic heterocycles. The highest BCUT2D eigenvalue weighted by Crippen LogP contribution is 2.32. The van der Waals surface area contributed by atoms with Crippen molar-refractivity contribution in [3.05, 3.63) is 101 Å². The second kappa shape index (κ2) is 11.3. The highest BCUT2D eigenvalue weighted by atomic mass is 16.5. The monoisotopic (exact) mass is 536 g/mol. The van der Waals surface area contributed by atoms with Crippen LogP contribution in [0.1, 0.15) is 23.6 Å². The van der Waals surface area contributed by atoms with Crippen molar-refractivity contribution in [3.63, 3.8) is 0 Å². The Hall–Kier alpha value is -5.11. The van der Waals surface area contributed by atoms with Crippen LogP contribution in [0.4, 0.5) is 10.5 Å². The number of fused-ring (bicyclic) bond motifs is 1. The molecular weight excluding hydrogens is 508 g/mol. The SMILES string of the molecule is CCOc1ccc(N2C(=O)NC(=O)/C(=C\c3ccc(OCc4c(C)ccc5ccccc45)c(OC)c3)C2=O)cc1. The Bertz CT molecular complexity index is 1640. The third-order valence-electron chi connectivity index (χ3n) is 6.65. The summed E-state index contributed by atoms with van der Waals surface area (Å²) in [5, 5.41) is 4.49. The van der Waals surface area contributed by atoms with Gasteiger partial charge in [0.15, 0.2) is 11.5 Å². The average Bonchev–Trinajstić information content (AvgIpc) is 2.96. The zero-order valence-corrected chi connectivity index (χ0v) is 22.4. The van der Waals surface area contributed by atoms with Crippen LogP contribution in [0, 0.1) is 6.92 Å². The highest BCUT2D eigenvalue weighted by molar-refractivity contribution is 6.39. The van der Waals surface area contributed by atoms with Gasteiger partial charge >= 0.3 is 6.03 Å². The first-order valence-corrected chi connectivity index (χ1v) is 12.8. The number of barbiturate groups is 1. The molecule has 1 N–H and O–H groups in total. The van der Waals surface area contributed by atoms with Gasteiger partial charge in [0.1, 0.15) is 17.9 Å². The van der Waals surface area contributed by atoms with E-state index in [0.717, 1.165) is 26.8 Å². The number of amides is 4. The summed E-state index contributed by atoms with van der Waals surface area (Å²) in [7, 11) is 1.52. The summed E-state index contributed by atoms with van der Waals surface area (Å²) in [6.07, 6.45) is 1.42. The Labute approximate surface area is 231 Å². The lowest BCUT2D eigenvalue weighted by Crippen LogP contribution is -2.54. The number of urea groups is 1. The van der Waals surface area contributed by atoms with Gasteiger partial charge in [0.2, 0.25) is 0 Å². The number of anilines is 1. The van der Waals surface area contributed by atoms with Crippen LogP contribution in [0.5, 0.6) is 17.2 Å². The van der Waals surface area contributed by atoms with E-state index in [9.17, 15) is 14.4 Å². The van der Waals surface area contributed by atoms with Crippen molar-refractivity contribution in [1.29, 1.82) is 0 Å². The van der Waals surface area contributed by atoms with Crippen LogP contribution in [-0.2, 0) is 16.2 Å². The lowest BCUT2D eigenvalue weighted by Gasteiger charge is -2.26. The Morgan fingerprint density at radius 1 is 0.875 bits per heavy atom. The first-order chi connectivity index (χ1) is 19.4. The number of nitrogens with one attached hydrogen (secondary N) is 1. The number of imide groups is 2. The van der Waals surface area contributed by atoms with E-state index in [-0.39, 0.29) is 5.57 Å². The lowest BCUT2D eigenvalue weighted by atomic mass is 10.0. The molecule has 0 radical (unpaired) electrons. The van der Waals surface area contributed by atoms with Crippen LogP contribution in [0.3, 0.4) is 0 Å². The molecular formula is C32H28N2O6. The molecule has 1 heterocycles. The van der Waals surface area contributed by atoms with E-state index >= 15 is 0 Å². The van der Waals surface area contributed by atoms with Gasteiger partial charge in [0, 0.05) is 5.56 Å². The summed E-state index contributed by atoms with van der Waals surface area (Å²) >= 11 is 0. The minimum Gasteiger partial charge on any atom is -0.494 e. The number of rotatable bonds is 8. The van der Waals surface area contributed by atoms with E-state index in [4.69, 9.17) is 14.2 Å². The van der Waals surface area contributed by atoms with Gasteiger partial charge in [-0.05, 0) is 78.2 Å². The fourth-order valence-corrected chi connectivity index (χ4v) is 4.60. The molecule has 4 aromatic rings. The summed E-state index contributed by atoms with van der Waals surface area (Å²) < 4.78 is 17.1. The minimum atomic E-state index is -0.818. The van der Waals surface area contributed by atoms with E-state index in [1.165, 1.54) is 13.2 Å². The van der Waals surface area contributed by atoms with Gasteiger partial charge in [-0.2, -0.15) is 0 Å². The van der Waals surface area contributed by atoms with Gasteiger partial charge in [-0.25, -0.2) is 9.69 Å². The number of carbonyl (C=O) groups is 3. The first-order valence-electron chi connectivity index (χ1n) is 12.8. The number of ether oxygens (including phenoxy) is 3. The zero-order valence-electron chi connectivity index (χ0n) is 22.4. The van der Waals surface area contributed by atoms with Crippen molar-refractivity contribution in [2.24, 2.45) is 0 Å². The quantitative estimate of drug-likeness (QED) is 0.226. The second-order valence-corrected chi connectivity index (χ2v) is 9.17. The number of benzene rings is 4. The topological polar surface area (TPSA) is 94.2 Å². The predicted octanol–water partition coefficient (Wildman–Crippen LogP) is 5.80. The van der Waals surface area contributed by atoms with Crippen molar-refractivity contribution in [2.75, 3.05) is 18.6 Å². The molecule has 8 nitrogen and oxygen atoms in total. The number of methoxy groups -OCH3 is 1. The number of nitrogens with zero attached hydrogens (tertiary/aromatic N) is 1. The van der Waals surface area contributed by atoms with Crippen LogP contribution in [0.15, 0.2) is 84.4 Å². The zero-order chi connectivity index (χ0) is 28.2. The van der Waals surface area contributed by atoms with E-state index < -0.39 is 17.8 Å². The molecule has 0 spiro atoms. The van der Waals surface area contributed by atoms with Gasteiger partial charge in [0.05, 0.1) is 19.4 Å². The molecule has 1 aliphatic rings. The van der Waals surface area contributed by atoms with Gasteiger partial charge in [0.25, 0.3) is 11.8 Å². The van der Waals surface area contributed by atoms with E-state index in [2.05, 4.69) is 29.6 Å².